The first-order valence-electron chi connectivity index (χ1n) is 11.1. The van der Waals surface area contributed by atoms with Gasteiger partial charge in [-0.15, -0.1) is 0 Å². The van der Waals surface area contributed by atoms with Crippen molar-refractivity contribution < 1.29 is 57.9 Å². The zero-order valence-electron chi connectivity index (χ0n) is 19.8. The van der Waals surface area contributed by atoms with Crippen molar-refractivity contribution in [3.8, 4) is 17.2 Å². The lowest BCUT2D eigenvalue weighted by molar-refractivity contribution is 0.0978. The van der Waals surface area contributed by atoms with Crippen LogP contribution in [0.15, 0.2) is 12.1 Å². The molecule has 1 rings (SSSR count). The van der Waals surface area contributed by atoms with Crippen molar-refractivity contribution >= 4 is 36.1 Å². The fourth-order valence-electron chi connectivity index (χ4n) is 2.84. The van der Waals surface area contributed by atoms with Gasteiger partial charge in [0.05, 0.1) is 37.1 Å². The van der Waals surface area contributed by atoms with Crippen molar-refractivity contribution in [1.29, 1.82) is 0 Å². The summed E-state index contributed by atoms with van der Waals surface area (Å²) in [4.78, 5) is 12.6. The van der Waals surface area contributed by atoms with Gasteiger partial charge in [-0.25, -0.2) is 0 Å². The highest BCUT2D eigenvalue weighted by molar-refractivity contribution is 7.86. The number of unbranched alkanes of at least 4 members (excludes halogenated alkanes) is 1. The van der Waals surface area contributed by atoms with E-state index in [9.17, 15) is 30.0 Å². The fraction of sp³-hybridized carbons (Fsp3) is 0.650. The molecule has 0 atom stereocenters. The number of hydrogen-bond donors (Lipinski definition) is 3. The Hall–Kier alpha value is -1.98. The standard InChI is InChI=1S/C20H32O13S3/c1-2-3-7-17(21)16-14-18(31-8-4-11-34(22,23)24)20(33-10-6-13-36(28,29)30)19(15-16)32-9-5-12-35(25,26)27/h14-15H,2-13H2,1H3,(H,22,23,24)(H,25,26,27)(H,28,29,30). The molecular weight excluding hydrogens is 544 g/mol. The molecule has 16 heteroatoms. The highest BCUT2D eigenvalue weighted by Gasteiger charge is 2.20. The van der Waals surface area contributed by atoms with Crippen molar-refractivity contribution in [2.45, 2.75) is 45.4 Å². The average molecular weight is 577 g/mol. The van der Waals surface area contributed by atoms with E-state index in [2.05, 4.69) is 0 Å². The van der Waals surface area contributed by atoms with Crippen molar-refractivity contribution in [2.24, 2.45) is 0 Å². The molecule has 0 saturated heterocycles. The molecule has 0 bridgehead atoms. The number of carbonyl (C=O) groups is 1. The first-order valence-corrected chi connectivity index (χ1v) is 15.9. The molecule has 0 radical (unpaired) electrons. The summed E-state index contributed by atoms with van der Waals surface area (Å²) in [6, 6.07) is 2.71. The van der Waals surface area contributed by atoms with Crippen LogP contribution in [0.3, 0.4) is 0 Å². The van der Waals surface area contributed by atoms with Gasteiger partial charge in [0, 0.05) is 12.0 Å². The second-order valence-electron chi connectivity index (χ2n) is 7.79. The Balaban J connectivity index is 3.24. The normalized spacial score (nSPS) is 12.3. The van der Waals surface area contributed by atoms with Crippen LogP contribution in [-0.4, -0.2) is 81.8 Å². The van der Waals surface area contributed by atoms with Crippen molar-refractivity contribution in [1.82, 2.24) is 0 Å². The lowest BCUT2D eigenvalue weighted by atomic mass is 10.0. The number of Topliss-reactive ketones (excluding diaryl/α,β-unsaturated/α-hetero) is 1. The SMILES string of the molecule is CCCCC(=O)c1cc(OCCCS(=O)(=O)O)c(OCCCS(=O)(=O)O)c(OCCCS(=O)(=O)O)c1. The maximum atomic E-state index is 12.6. The van der Waals surface area contributed by atoms with Crippen molar-refractivity contribution in [2.75, 3.05) is 37.1 Å². The van der Waals surface area contributed by atoms with Gasteiger partial charge in [0.1, 0.15) is 0 Å². The fourth-order valence-corrected chi connectivity index (χ4v) is 4.29. The van der Waals surface area contributed by atoms with Gasteiger partial charge >= 0.3 is 0 Å². The predicted molar refractivity (Wildman–Crippen MR) is 130 cm³/mol. The van der Waals surface area contributed by atoms with E-state index in [1.807, 2.05) is 6.92 Å². The molecule has 0 aliphatic carbocycles. The molecular formula is C20H32O13S3. The van der Waals surface area contributed by atoms with E-state index < -0.39 is 47.6 Å². The minimum absolute atomic E-state index is 0.0238. The van der Waals surface area contributed by atoms with Crippen LogP contribution in [-0.2, 0) is 30.4 Å². The third-order valence-corrected chi connectivity index (χ3v) is 6.92. The molecule has 0 unspecified atom stereocenters. The van der Waals surface area contributed by atoms with Gasteiger partial charge in [0.15, 0.2) is 17.3 Å². The van der Waals surface area contributed by atoms with E-state index >= 15 is 0 Å². The zero-order chi connectivity index (χ0) is 27.4. The summed E-state index contributed by atoms with van der Waals surface area (Å²) in [5.41, 5.74) is 0.184. The summed E-state index contributed by atoms with van der Waals surface area (Å²) < 4.78 is 109. The summed E-state index contributed by atoms with van der Waals surface area (Å²) in [6.45, 7) is 1.29. The lowest BCUT2D eigenvalue weighted by Gasteiger charge is -2.18. The Labute approximate surface area is 211 Å². The maximum absolute atomic E-state index is 12.6. The third kappa shape index (κ3) is 14.5. The van der Waals surface area contributed by atoms with Crippen LogP contribution < -0.4 is 14.2 Å². The number of carbonyl (C=O) groups excluding carboxylic acids is 1. The Morgan fingerprint density at radius 2 is 1.08 bits per heavy atom. The molecule has 36 heavy (non-hydrogen) atoms. The monoisotopic (exact) mass is 576 g/mol. The quantitative estimate of drug-likeness (QED) is 0.122. The Bertz CT molecular complexity index is 1110. The third-order valence-electron chi connectivity index (χ3n) is 4.50. The molecule has 1 aromatic rings. The number of hydrogen-bond acceptors (Lipinski definition) is 10. The second kappa shape index (κ2) is 14.7. The maximum Gasteiger partial charge on any atom is 0.264 e. The minimum Gasteiger partial charge on any atom is -0.489 e. The Morgan fingerprint density at radius 3 is 1.44 bits per heavy atom. The van der Waals surface area contributed by atoms with Crippen LogP contribution in [0.25, 0.3) is 0 Å². The smallest absolute Gasteiger partial charge is 0.264 e. The lowest BCUT2D eigenvalue weighted by Crippen LogP contribution is -2.13. The van der Waals surface area contributed by atoms with E-state index in [1.165, 1.54) is 12.1 Å². The topological polar surface area (TPSA) is 208 Å². The molecule has 0 fully saturated rings. The highest BCUT2D eigenvalue weighted by Crippen LogP contribution is 2.40. The molecule has 0 heterocycles. The van der Waals surface area contributed by atoms with Crippen LogP contribution in [0.1, 0.15) is 55.8 Å². The summed E-state index contributed by atoms with van der Waals surface area (Å²) in [5.74, 6) is -2.10. The van der Waals surface area contributed by atoms with E-state index in [-0.39, 0.29) is 74.1 Å². The molecule has 0 aliphatic heterocycles. The predicted octanol–water partition coefficient (Wildman–Crippen LogP) is 2.03. The molecule has 0 aliphatic rings. The molecule has 3 N–H and O–H groups in total. The molecule has 0 aromatic heterocycles. The second-order valence-corrected chi connectivity index (χ2v) is 12.5. The van der Waals surface area contributed by atoms with E-state index in [0.717, 1.165) is 6.42 Å². The summed E-state index contributed by atoms with van der Waals surface area (Å²) >= 11 is 0. The number of ketones is 1. The summed E-state index contributed by atoms with van der Waals surface area (Å²) in [5, 5.41) is 0. The van der Waals surface area contributed by atoms with Gasteiger partial charge in [-0.2, -0.15) is 25.3 Å². The molecule has 208 valence electrons. The molecule has 0 spiro atoms. The minimum atomic E-state index is -4.24. The number of benzene rings is 1. The van der Waals surface area contributed by atoms with E-state index in [0.29, 0.717) is 6.42 Å². The van der Waals surface area contributed by atoms with Gasteiger partial charge in [-0.3, -0.25) is 18.5 Å². The van der Waals surface area contributed by atoms with Crippen molar-refractivity contribution in [3.05, 3.63) is 17.7 Å². The van der Waals surface area contributed by atoms with Crippen LogP contribution in [0, 0.1) is 0 Å². The first kappa shape index (κ1) is 32.0. The molecule has 0 saturated carbocycles. The van der Waals surface area contributed by atoms with Gasteiger partial charge in [0.2, 0.25) is 5.75 Å². The van der Waals surface area contributed by atoms with Crippen LogP contribution in [0.2, 0.25) is 0 Å². The van der Waals surface area contributed by atoms with Crippen molar-refractivity contribution in [3.63, 3.8) is 0 Å². The van der Waals surface area contributed by atoms with E-state index in [4.69, 9.17) is 27.9 Å². The van der Waals surface area contributed by atoms with Crippen LogP contribution >= 0.6 is 0 Å². The summed E-state index contributed by atoms with van der Waals surface area (Å²) in [6.07, 6.45) is 1.29. The highest BCUT2D eigenvalue weighted by atomic mass is 32.2. The first-order chi connectivity index (χ1) is 16.6. The van der Waals surface area contributed by atoms with Crippen LogP contribution in [0.5, 0.6) is 17.2 Å². The number of rotatable bonds is 19. The number of ether oxygens (including phenoxy) is 3. The van der Waals surface area contributed by atoms with Gasteiger partial charge in [-0.05, 0) is 37.8 Å². The molecule has 13 nitrogen and oxygen atoms in total. The molecule has 1 aromatic carbocycles. The average Bonchev–Trinajstić information content (AvgIpc) is 2.74. The van der Waals surface area contributed by atoms with E-state index in [1.54, 1.807) is 0 Å². The summed E-state index contributed by atoms with van der Waals surface area (Å²) in [7, 11) is -12.7. The molecule has 0 amide bonds. The largest absolute Gasteiger partial charge is 0.489 e. The van der Waals surface area contributed by atoms with Gasteiger partial charge < -0.3 is 14.2 Å². The Kier molecular flexibility index (Phi) is 13.1. The van der Waals surface area contributed by atoms with Gasteiger partial charge in [0.25, 0.3) is 30.4 Å². The van der Waals surface area contributed by atoms with Gasteiger partial charge in [-0.1, -0.05) is 13.3 Å². The Morgan fingerprint density at radius 1 is 0.694 bits per heavy atom. The zero-order valence-corrected chi connectivity index (χ0v) is 22.2. The van der Waals surface area contributed by atoms with Crippen LogP contribution in [0.4, 0.5) is 0 Å².